The molecule has 2 rings (SSSR count). The molecule has 0 aliphatic carbocycles. The predicted molar refractivity (Wildman–Crippen MR) is 80.8 cm³/mol. The zero-order valence-electron chi connectivity index (χ0n) is 12.5. The molecule has 0 unspecified atom stereocenters. The molecule has 0 spiro atoms. The first-order valence-corrected chi connectivity index (χ1v) is 6.89. The van der Waals surface area contributed by atoms with E-state index in [2.05, 4.69) is 16.4 Å². The van der Waals surface area contributed by atoms with Gasteiger partial charge >= 0.3 is 12.1 Å². The van der Waals surface area contributed by atoms with E-state index in [4.69, 9.17) is 4.74 Å². The van der Waals surface area contributed by atoms with Gasteiger partial charge in [0.15, 0.2) is 0 Å². The van der Waals surface area contributed by atoms with Crippen LogP contribution in [-0.2, 0) is 0 Å². The molecule has 1 aliphatic rings. The van der Waals surface area contributed by atoms with E-state index in [0.717, 1.165) is 22.4 Å². The summed E-state index contributed by atoms with van der Waals surface area (Å²) >= 11 is 0. The van der Waals surface area contributed by atoms with Crippen LogP contribution in [0.15, 0.2) is 6.07 Å². The number of nitrogens with zero attached hydrogens (tertiary/aromatic N) is 2. The van der Waals surface area contributed by atoms with E-state index in [1.54, 1.807) is 4.90 Å². The number of rotatable bonds is 4. The highest BCUT2D eigenvalue weighted by Gasteiger charge is 2.19. The van der Waals surface area contributed by atoms with Gasteiger partial charge in [0.1, 0.15) is 17.9 Å². The van der Waals surface area contributed by atoms with Gasteiger partial charge in [-0.15, -0.1) is 0 Å². The fourth-order valence-electron chi connectivity index (χ4n) is 2.59. The van der Waals surface area contributed by atoms with Crippen molar-refractivity contribution in [3.05, 3.63) is 38.5 Å². The summed E-state index contributed by atoms with van der Waals surface area (Å²) in [5.74, 6) is 0.728. The molecule has 1 heterocycles. The van der Waals surface area contributed by atoms with E-state index in [1.165, 1.54) is 0 Å². The lowest BCUT2D eigenvalue weighted by Gasteiger charge is -2.17. The number of ether oxygens (including phenoxy) is 1. The number of benzene rings is 1. The van der Waals surface area contributed by atoms with Gasteiger partial charge in [0.2, 0.25) is 0 Å². The van der Waals surface area contributed by atoms with Crippen LogP contribution in [0.3, 0.4) is 0 Å². The minimum Gasteiger partial charge on any atom is -0.498 e. The zero-order valence-corrected chi connectivity index (χ0v) is 12.5. The Morgan fingerprint density at radius 3 is 2.81 bits per heavy atom. The van der Waals surface area contributed by atoms with Crippen molar-refractivity contribution in [2.75, 3.05) is 26.2 Å². The second-order valence-electron chi connectivity index (χ2n) is 5.11. The topological polar surface area (TPSA) is 69.0 Å². The van der Waals surface area contributed by atoms with Gasteiger partial charge in [-0.3, -0.25) is 0 Å². The van der Waals surface area contributed by atoms with Crippen molar-refractivity contribution >= 4 is 6.03 Å². The third-order valence-corrected chi connectivity index (χ3v) is 3.61. The number of hydrogen-bond donors (Lipinski definition) is 1. The second-order valence-corrected chi connectivity index (χ2v) is 5.11. The van der Waals surface area contributed by atoms with Gasteiger partial charge in [0, 0.05) is 23.7 Å². The molecule has 21 heavy (non-hydrogen) atoms. The first-order valence-electron chi connectivity index (χ1n) is 6.89. The monoisotopic (exact) mass is 290 g/mol. The number of aryl methyl sites for hydroxylation is 2. The lowest BCUT2D eigenvalue weighted by Crippen LogP contribution is -2.32. The molecule has 1 aliphatic heterocycles. The van der Waals surface area contributed by atoms with E-state index < -0.39 is 0 Å². The Morgan fingerprint density at radius 1 is 1.43 bits per heavy atom. The van der Waals surface area contributed by atoms with E-state index in [9.17, 15) is 10.0 Å². The standard InChI is InChI=1S/C15H19N3O3/c1-10-8-11(2)14(12(3)13(10)9-17-20)21-7-6-18-5-4-16-15(18)19/h8H,4-7H2,1-3H3,(H,16,19)/i16+1. The van der Waals surface area contributed by atoms with Crippen molar-refractivity contribution in [1.82, 2.24) is 10.2 Å². The molecule has 0 atom stereocenters. The molecular formula is C15H19N3O3. The number of nitrogens with one attached hydrogen (secondary N) is 1. The van der Waals surface area contributed by atoms with Gasteiger partial charge in [-0.05, 0) is 31.9 Å². The maximum atomic E-state index is 11.4. The molecule has 0 bridgehead atoms. The lowest BCUT2D eigenvalue weighted by molar-refractivity contribution is 0.202. The maximum absolute atomic E-state index is 11.4. The molecule has 2 amide bonds. The van der Waals surface area contributed by atoms with Gasteiger partial charge in [-0.1, -0.05) is 6.07 Å². The van der Waals surface area contributed by atoms with Crippen molar-refractivity contribution in [1.29, 1.82) is 0 Å². The third kappa shape index (κ3) is 3.19. The van der Waals surface area contributed by atoms with Gasteiger partial charge < -0.3 is 20.2 Å². The van der Waals surface area contributed by atoms with E-state index in [0.29, 0.717) is 31.8 Å². The molecule has 0 aromatic heterocycles. The van der Waals surface area contributed by atoms with E-state index in [1.807, 2.05) is 26.8 Å². The largest absolute Gasteiger partial charge is 0.498 e. The number of carbonyl (C=O) groups is 1. The normalized spacial score (nSPS) is 13.7. The molecule has 0 radical (unpaired) electrons. The molecular weight excluding hydrogens is 271 g/mol. The first kappa shape index (κ1) is 15.0. The van der Waals surface area contributed by atoms with E-state index >= 15 is 0 Å². The molecule has 6 nitrogen and oxygen atoms in total. The predicted octanol–water partition coefficient (Wildman–Crippen LogP) is 2.19. The Kier molecular flexibility index (Phi) is 4.53. The molecule has 1 fully saturated rings. The van der Waals surface area contributed by atoms with Crippen LogP contribution in [-0.4, -0.2) is 37.2 Å². The lowest BCUT2D eigenvalue weighted by atomic mass is 9.99. The fourth-order valence-corrected chi connectivity index (χ4v) is 2.59. The van der Waals surface area contributed by atoms with Gasteiger partial charge in [-0.2, -0.15) is 0 Å². The first-order chi connectivity index (χ1) is 10.0. The maximum Gasteiger partial charge on any atom is 0.337 e. The Morgan fingerprint density at radius 2 is 2.19 bits per heavy atom. The summed E-state index contributed by atoms with van der Waals surface area (Å²) in [5, 5.41) is 15.9. The van der Waals surface area contributed by atoms with Crippen LogP contribution >= 0.6 is 0 Å². The smallest absolute Gasteiger partial charge is 0.337 e. The Bertz CT molecular complexity index is 617. The summed E-state index contributed by atoms with van der Waals surface area (Å²) in [7, 11) is 0. The summed E-state index contributed by atoms with van der Waals surface area (Å²) < 4.78 is 5.81. The van der Waals surface area contributed by atoms with Crippen molar-refractivity contribution < 1.29 is 9.53 Å². The highest BCUT2D eigenvalue weighted by Crippen LogP contribution is 2.28. The molecule has 1 aromatic carbocycles. The van der Waals surface area contributed by atoms with Crippen molar-refractivity contribution in [3.63, 3.8) is 0 Å². The number of carbonyl (C=O) groups excluding carboxylic acids is 1. The quantitative estimate of drug-likeness (QED) is 0.682. The molecule has 1 saturated heterocycles. The van der Waals surface area contributed by atoms with Gasteiger partial charge in [0.05, 0.1) is 6.54 Å². The van der Waals surface area contributed by atoms with Crippen LogP contribution in [0.1, 0.15) is 22.3 Å². The van der Waals surface area contributed by atoms with Crippen LogP contribution in [0.2, 0.25) is 0 Å². The summed E-state index contributed by atoms with van der Waals surface area (Å²) in [5.41, 5.74) is 3.45. The molecule has 0 saturated carbocycles. The molecule has 6 heteroatoms. The number of urea groups is 1. The third-order valence-electron chi connectivity index (χ3n) is 3.61. The van der Waals surface area contributed by atoms with Gasteiger partial charge in [0.25, 0.3) is 0 Å². The van der Waals surface area contributed by atoms with Crippen molar-refractivity contribution in [2.45, 2.75) is 20.8 Å². The van der Waals surface area contributed by atoms with Crippen molar-refractivity contribution in [3.8, 4) is 11.8 Å². The Hall–Kier alpha value is -2.42. The van der Waals surface area contributed by atoms with Crippen LogP contribution in [0.4, 0.5) is 4.79 Å². The number of amides is 2. The molecule has 112 valence electrons. The SMILES string of the molecule is Cc1cc(C)c(OCCN2CC[15NH]C2=O)c(C)c1C#[N+][O-]. The average molecular weight is 290 g/mol. The van der Waals surface area contributed by atoms with E-state index in [-0.39, 0.29) is 6.03 Å². The minimum absolute atomic E-state index is 0.0524. The summed E-state index contributed by atoms with van der Waals surface area (Å²) in [6.45, 7) is 8.07. The Labute approximate surface area is 124 Å². The van der Waals surface area contributed by atoms with Crippen LogP contribution < -0.4 is 10.1 Å². The average Bonchev–Trinajstić information content (AvgIpc) is 2.84. The summed E-state index contributed by atoms with van der Waals surface area (Å²) in [4.78, 5) is 13.1. The summed E-state index contributed by atoms with van der Waals surface area (Å²) in [6, 6.07) is 4.36. The second kappa shape index (κ2) is 6.35. The van der Waals surface area contributed by atoms with Crippen LogP contribution in [0.25, 0.3) is 5.01 Å². The highest BCUT2D eigenvalue weighted by atomic mass is 16.5. The minimum atomic E-state index is -0.0524. The highest BCUT2D eigenvalue weighted by molar-refractivity contribution is 5.76. The Balaban J connectivity index is 2.10. The molecule has 1 aromatic rings. The number of hydrogen-bond acceptors (Lipinski definition) is 3. The molecule has 1 N–H and O–H groups in total. The van der Waals surface area contributed by atoms with Gasteiger partial charge in [-0.25, -0.2) is 4.79 Å². The van der Waals surface area contributed by atoms with Crippen molar-refractivity contribution in [2.24, 2.45) is 0 Å². The zero-order chi connectivity index (χ0) is 15.4. The summed E-state index contributed by atoms with van der Waals surface area (Å²) in [6.07, 6.45) is 0. The van der Waals surface area contributed by atoms with Crippen LogP contribution in [0.5, 0.6) is 5.75 Å². The fraction of sp³-hybridized carbons (Fsp3) is 0.467. The van der Waals surface area contributed by atoms with Crippen LogP contribution in [0, 0.1) is 32.0 Å².